The fraction of sp³-hybridized carbons (Fsp3) is 0.714. The molecule has 1 aliphatic rings. The van der Waals surface area contributed by atoms with Gasteiger partial charge in [0.15, 0.2) is 0 Å². The quantitative estimate of drug-likeness (QED) is 0.717. The van der Waals surface area contributed by atoms with E-state index in [2.05, 4.69) is 10.4 Å². The molecule has 1 amide bonds. The highest BCUT2D eigenvalue weighted by Crippen LogP contribution is 2.18. The van der Waals surface area contributed by atoms with Crippen LogP contribution in [0.1, 0.15) is 43.5 Å². The fourth-order valence-corrected chi connectivity index (χ4v) is 2.71. The Morgan fingerprint density at radius 1 is 1.40 bits per heavy atom. The lowest BCUT2D eigenvalue weighted by Gasteiger charge is -2.21. The summed E-state index contributed by atoms with van der Waals surface area (Å²) in [7, 11) is 0. The number of nitrogens with one attached hydrogen (secondary N) is 1. The van der Waals surface area contributed by atoms with Crippen molar-refractivity contribution in [3.05, 3.63) is 11.4 Å². The number of hydrogen-bond donors (Lipinski definition) is 3. The number of carbonyl (C=O) groups excluding carboxylic acids is 1. The Morgan fingerprint density at radius 2 is 2.10 bits per heavy atom. The first-order valence-corrected chi connectivity index (χ1v) is 7.26. The van der Waals surface area contributed by atoms with Crippen LogP contribution in [0.3, 0.4) is 0 Å². The van der Waals surface area contributed by atoms with Crippen LogP contribution in [0.15, 0.2) is 0 Å². The Bertz CT molecular complexity index is 484. The molecule has 6 heteroatoms. The number of nitrogens with two attached hydrogens (primary N) is 1. The Kier molecular flexibility index (Phi) is 4.65. The molecule has 2 atom stereocenters. The van der Waals surface area contributed by atoms with E-state index in [1.54, 1.807) is 4.68 Å². The first-order valence-electron chi connectivity index (χ1n) is 7.26. The van der Waals surface area contributed by atoms with Gasteiger partial charge >= 0.3 is 0 Å². The maximum atomic E-state index is 12.1. The molecular weight excluding hydrogens is 256 g/mol. The van der Waals surface area contributed by atoms with Crippen molar-refractivity contribution in [1.29, 1.82) is 0 Å². The zero-order valence-corrected chi connectivity index (χ0v) is 12.2. The number of carbonyl (C=O) groups is 1. The highest BCUT2D eigenvalue weighted by molar-refractivity contribution is 5.76. The van der Waals surface area contributed by atoms with E-state index < -0.39 is 6.10 Å². The molecule has 112 valence electrons. The van der Waals surface area contributed by atoms with Gasteiger partial charge < -0.3 is 16.2 Å². The van der Waals surface area contributed by atoms with Gasteiger partial charge in [0.25, 0.3) is 0 Å². The maximum Gasteiger partial charge on any atom is 0.242 e. The third-order valence-corrected chi connectivity index (χ3v) is 4.06. The number of aliphatic hydroxyl groups is 1. The second-order valence-electron chi connectivity index (χ2n) is 5.62. The van der Waals surface area contributed by atoms with Crippen LogP contribution >= 0.6 is 0 Å². The van der Waals surface area contributed by atoms with Crippen LogP contribution in [0.4, 0.5) is 5.69 Å². The summed E-state index contributed by atoms with van der Waals surface area (Å²) >= 11 is 0. The smallest absolute Gasteiger partial charge is 0.242 e. The van der Waals surface area contributed by atoms with Crippen molar-refractivity contribution >= 4 is 11.6 Å². The first kappa shape index (κ1) is 14.8. The summed E-state index contributed by atoms with van der Waals surface area (Å²) in [6, 6.07) is -0.140. The summed E-state index contributed by atoms with van der Waals surface area (Å²) in [4.78, 5) is 12.1. The molecule has 1 heterocycles. The Morgan fingerprint density at radius 3 is 2.75 bits per heavy atom. The number of rotatable bonds is 3. The Labute approximate surface area is 119 Å². The van der Waals surface area contributed by atoms with Crippen LogP contribution in [0.5, 0.6) is 0 Å². The topological polar surface area (TPSA) is 93.2 Å². The molecular formula is C14H24N4O2. The monoisotopic (exact) mass is 280 g/mol. The molecule has 0 spiro atoms. The molecule has 1 fully saturated rings. The molecule has 0 radical (unpaired) electrons. The normalized spacial score (nSPS) is 23.4. The molecule has 2 rings (SSSR count). The minimum absolute atomic E-state index is 0.124. The predicted octanol–water partition coefficient (Wildman–Crippen LogP) is 0.892. The van der Waals surface area contributed by atoms with Gasteiger partial charge in [-0.1, -0.05) is 19.3 Å². The summed E-state index contributed by atoms with van der Waals surface area (Å²) in [5, 5.41) is 17.2. The minimum atomic E-state index is -0.438. The van der Waals surface area contributed by atoms with Crippen molar-refractivity contribution in [1.82, 2.24) is 15.1 Å². The van der Waals surface area contributed by atoms with Crippen LogP contribution in [0, 0.1) is 13.8 Å². The molecule has 1 aromatic heterocycles. The van der Waals surface area contributed by atoms with Crippen LogP contribution in [0.2, 0.25) is 0 Å². The van der Waals surface area contributed by atoms with Crippen LogP contribution in [0.25, 0.3) is 0 Å². The summed E-state index contributed by atoms with van der Waals surface area (Å²) in [5.74, 6) is -0.124. The van der Waals surface area contributed by atoms with Crippen molar-refractivity contribution in [2.24, 2.45) is 0 Å². The lowest BCUT2D eigenvalue weighted by Crippen LogP contribution is -2.44. The summed E-state index contributed by atoms with van der Waals surface area (Å²) in [6.45, 7) is 3.82. The lowest BCUT2D eigenvalue weighted by molar-refractivity contribution is -0.123. The van der Waals surface area contributed by atoms with Crippen molar-refractivity contribution in [2.45, 2.75) is 64.6 Å². The van der Waals surface area contributed by atoms with Gasteiger partial charge in [-0.25, -0.2) is 0 Å². The highest BCUT2D eigenvalue weighted by Gasteiger charge is 2.23. The number of amides is 1. The summed E-state index contributed by atoms with van der Waals surface area (Å²) in [5.41, 5.74) is 8.03. The molecule has 2 unspecified atom stereocenters. The average molecular weight is 280 g/mol. The molecule has 20 heavy (non-hydrogen) atoms. The SMILES string of the molecule is Cc1nn(CC(=O)NC2CCCCCC2O)c(C)c1N. The van der Waals surface area contributed by atoms with Crippen LogP contribution in [-0.2, 0) is 11.3 Å². The summed E-state index contributed by atoms with van der Waals surface area (Å²) in [6.07, 6.45) is 4.37. The molecule has 0 aliphatic heterocycles. The number of aromatic nitrogens is 2. The van der Waals surface area contributed by atoms with Gasteiger partial charge in [0.2, 0.25) is 5.91 Å². The Balaban J connectivity index is 1.96. The molecule has 0 saturated heterocycles. The predicted molar refractivity (Wildman–Crippen MR) is 77.1 cm³/mol. The first-order chi connectivity index (χ1) is 9.49. The van der Waals surface area contributed by atoms with Crippen LogP contribution < -0.4 is 11.1 Å². The number of aryl methyl sites for hydroxylation is 1. The van der Waals surface area contributed by atoms with Gasteiger partial charge in [-0.15, -0.1) is 0 Å². The van der Waals surface area contributed by atoms with Gasteiger partial charge in [0.1, 0.15) is 6.54 Å². The molecule has 0 bridgehead atoms. The van der Waals surface area contributed by atoms with E-state index in [0.29, 0.717) is 5.69 Å². The second kappa shape index (κ2) is 6.26. The molecule has 1 aromatic rings. The van der Waals surface area contributed by atoms with Crippen molar-refractivity contribution in [3.63, 3.8) is 0 Å². The Hall–Kier alpha value is -1.56. The molecule has 4 N–H and O–H groups in total. The van der Waals surface area contributed by atoms with Gasteiger partial charge in [-0.05, 0) is 26.7 Å². The van der Waals surface area contributed by atoms with E-state index in [1.807, 2.05) is 13.8 Å². The number of anilines is 1. The van der Waals surface area contributed by atoms with E-state index in [0.717, 1.165) is 43.5 Å². The van der Waals surface area contributed by atoms with Crippen molar-refractivity contribution in [2.75, 3.05) is 5.73 Å². The van der Waals surface area contributed by atoms with Crippen LogP contribution in [-0.4, -0.2) is 32.9 Å². The van der Waals surface area contributed by atoms with Gasteiger partial charge in [-0.2, -0.15) is 5.10 Å². The zero-order chi connectivity index (χ0) is 14.7. The van der Waals surface area contributed by atoms with E-state index in [1.165, 1.54) is 0 Å². The van der Waals surface area contributed by atoms with Crippen molar-refractivity contribution in [3.8, 4) is 0 Å². The largest absolute Gasteiger partial charge is 0.396 e. The number of aliphatic hydroxyl groups excluding tert-OH is 1. The minimum Gasteiger partial charge on any atom is -0.396 e. The maximum absolute atomic E-state index is 12.1. The zero-order valence-electron chi connectivity index (χ0n) is 12.2. The average Bonchev–Trinajstić information content (AvgIpc) is 2.58. The number of nitrogens with zero attached hydrogens (tertiary/aromatic N) is 2. The van der Waals surface area contributed by atoms with Crippen molar-refractivity contribution < 1.29 is 9.90 Å². The summed E-state index contributed by atoms with van der Waals surface area (Å²) < 4.78 is 1.61. The van der Waals surface area contributed by atoms with E-state index in [9.17, 15) is 9.90 Å². The van der Waals surface area contributed by atoms with E-state index in [-0.39, 0.29) is 18.5 Å². The fourth-order valence-electron chi connectivity index (χ4n) is 2.71. The van der Waals surface area contributed by atoms with Gasteiger partial charge in [0.05, 0.1) is 29.2 Å². The molecule has 1 saturated carbocycles. The third-order valence-electron chi connectivity index (χ3n) is 4.06. The number of nitrogen functional groups attached to an aromatic ring is 1. The second-order valence-corrected chi connectivity index (χ2v) is 5.62. The number of hydrogen-bond acceptors (Lipinski definition) is 4. The molecule has 0 aromatic carbocycles. The van der Waals surface area contributed by atoms with E-state index >= 15 is 0 Å². The van der Waals surface area contributed by atoms with E-state index in [4.69, 9.17) is 5.73 Å². The highest BCUT2D eigenvalue weighted by atomic mass is 16.3. The lowest BCUT2D eigenvalue weighted by atomic mass is 10.1. The van der Waals surface area contributed by atoms with Gasteiger partial charge in [0, 0.05) is 0 Å². The molecule has 6 nitrogen and oxygen atoms in total. The molecule has 1 aliphatic carbocycles. The third kappa shape index (κ3) is 3.30. The van der Waals surface area contributed by atoms with Gasteiger partial charge in [-0.3, -0.25) is 9.48 Å². The standard InChI is InChI=1S/C14H24N4O2/c1-9-14(15)10(2)18(17-9)8-13(20)16-11-6-4-3-5-7-12(11)19/h11-12,19H,3-8,15H2,1-2H3,(H,16,20).